The van der Waals surface area contributed by atoms with Crippen molar-refractivity contribution in [1.29, 1.82) is 0 Å². The van der Waals surface area contributed by atoms with Gasteiger partial charge in [0, 0.05) is 24.0 Å². The highest BCUT2D eigenvalue weighted by atomic mass is 32.2. The van der Waals surface area contributed by atoms with Crippen molar-refractivity contribution in [1.82, 2.24) is 14.3 Å². The van der Waals surface area contributed by atoms with Gasteiger partial charge < -0.3 is 14.0 Å². The van der Waals surface area contributed by atoms with E-state index in [1.807, 2.05) is 32.9 Å². The molecule has 0 aliphatic carbocycles. The molecule has 2 aromatic rings. The van der Waals surface area contributed by atoms with Gasteiger partial charge in [0.1, 0.15) is 5.65 Å². The van der Waals surface area contributed by atoms with Crippen molar-refractivity contribution in [3.8, 4) is 0 Å². The van der Waals surface area contributed by atoms with Gasteiger partial charge in [-0.1, -0.05) is 13.0 Å². The molecule has 3 heterocycles. The summed E-state index contributed by atoms with van der Waals surface area (Å²) in [5.74, 6) is -1.02. The number of fused-ring (bicyclic) bond motifs is 1. The lowest BCUT2D eigenvalue weighted by atomic mass is 10.1. The molecule has 0 N–H and O–H groups in total. The molecule has 0 aromatic carbocycles. The first-order valence-corrected chi connectivity index (χ1v) is 11.2. The number of aromatic nitrogens is 2. The number of amides is 1. The number of carbonyl (C=O) groups excluding carboxylic acids is 2. The molecule has 0 radical (unpaired) electrons. The van der Waals surface area contributed by atoms with E-state index in [4.69, 9.17) is 4.74 Å². The quantitative estimate of drug-likeness (QED) is 0.675. The van der Waals surface area contributed by atoms with E-state index in [1.165, 1.54) is 0 Å². The van der Waals surface area contributed by atoms with Crippen LogP contribution in [0, 0.1) is 6.92 Å². The number of hydrogen-bond acceptors (Lipinski definition) is 6. The van der Waals surface area contributed by atoms with Gasteiger partial charge in [0.15, 0.2) is 22.1 Å². The Morgan fingerprint density at radius 3 is 2.75 bits per heavy atom. The zero-order valence-corrected chi connectivity index (χ0v) is 17.1. The van der Waals surface area contributed by atoms with Crippen molar-refractivity contribution in [2.75, 3.05) is 18.1 Å². The van der Waals surface area contributed by atoms with Crippen LogP contribution in [0.5, 0.6) is 0 Å². The molecule has 1 amide bonds. The van der Waals surface area contributed by atoms with Crippen LogP contribution in [0.1, 0.15) is 42.9 Å². The molecule has 2 atom stereocenters. The fourth-order valence-corrected chi connectivity index (χ4v) is 5.23. The third-order valence-corrected chi connectivity index (χ3v) is 6.94. The van der Waals surface area contributed by atoms with Crippen molar-refractivity contribution in [2.24, 2.45) is 0 Å². The Bertz CT molecular complexity index is 998. The van der Waals surface area contributed by atoms with Gasteiger partial charge >= 0.3 is 5.97 Å². The van der Waals surface area contributed by atoms with Crippen LogP contribution >= 0.6 is 0 Å². The maximum atomic E-state index is 12.7. The number of carbonyl (C=O) groups is 2. The summed E-state index contributed by atoms with van der Waals surface area (Å²) in [6.07, 6.45) is 2.67. The van der Waals surface area contributed by atoms with E-state index in [0.717, 1.165) is 5.69 Å². The van der Waals surface area contributed by atoms with E-state index in [0.29, 0.717) is 18.5 Å². The highest BCUT2D eigenvalue weighted by molar-refractivity contribution is 7.91. The number of hydrogen-bond donors (Lipinski definition) is 0. The number of rotatable bonds is 6. The molecule has 0 spiro atoms. The summed E-state index contributed by atoms with van der Waals surface area (Å²) < 4.78 is 30.6. The van der Waals surface area contributed by atoms with E-state index in [2.05, 4.69) is 4.98 Å². The largest absolute Gasteiger partial charge is 0.451 e. The number of pyridine rings is 1. The highest BCUT2D eigenvalue weighted by Gasteiger charge is 2.36. The van der Waals surface area contributed by atoms with Crippen molar-refractivity contribution in [2.45, 2.75) is 45.7 Å². The second-order valence-electron chi connectivity index (χ2n) is 7.21. The second-order valence-corrected chi connectivity index (χ2v) is 9.44. The molecule has 1 aliphatic heterocycles. The number of sulfone groups is 1. The van der Waals surface area contributed by atoms with Crippen LogP contribution in [0.15, 0.2) is 24.4 Å². The van der Waals surface area contributed by atoms with Crippen LogP contribution in [0.2, 0.25) is 0 Å². The zero-order chi connectivity index (χ0) is 20.5. The summed E-state index contributed by atoms with van der Waals surface area (Å²) in [6, 6.07) is 5.01. The van der Waals surface area contributed by atoms with Crippen LogP contribution in [0.4, 0.5) is 0 Å². The van der Waals surface area contributed by atoms with Crippen LogP contribution in [-0.2, 0) is 19.4 Å². The third-order valence-electron chi connectivity index (χ3n) is 5.19. The van der Waals surface area contributed by atoms with Gasteiger partial charge in [-0.2, -0.15) is 0 Å². The van der Waals surface area contributed by atoms with Gasteiger partial charge in [-0.25, -0.2) is 18.2 Å². The van der Waals surface area contributed by atoms with Crippen LogP contribution in [0.3, 0.4) is 0 Å². The number of imidazole rings is 1. The first-order chi connectivity index (χ1) is 13.2. The summed E-state index contributed by atoms with van der Waals surface area (Å²) in [4.78, 5) is 30.9. The van der Waals surface area contributed by atoms with E-state index >= 15 is 0 Å². The standard InChI is InChI=1S/C19H25N3O5S/c1-4-13(2)22(15-8-9-28(25,26)12-15)18(23)11-27-19(24)16-10-21-14(3)6-5-7-17(21)20-16/h5-7,10,13,15H,4,8-9,11-12H2,1-3H3. The van der Waals surface area contributed by atoms with E-state index in [-0.39, 0.29) is 35.2 Å². The molecule has 2 aromatic heterocycles. The Hall–Kier alpha value is -2.42. The molecule has 3 rings (SSSR count). The van der Waals surface area contributed by atoms with E-state index < -0.39 is 22.4 Å². The second kappa shape index (κ2) is 7.90. The molecule has 0 bridgehead atoms. The number of nitrogens with zero attached hydrogens (tertiary/aromatic N) is 3. The van der Waals surface area contributed by atoms with Gasteiger partial charge in [-0.3, -0.25) is 4.79 Å². The molecular weight excluding hydrogens is 382 g/mol. The Labute approximate surface area is 164 Å². The van der Waals surface area contributed by atoms with Gasteiger partial charge in [-0.05, 0) is 38.8 Å². The summed E-state index contributed by atoms with van der Waals surface area (Å²) in [7, 11) is -3.12. The monoisotopic (exact) mass is 407 g/mol. The predicted octanol–water partition coefficient (Wildman–Crippen LogP) is 1.61. The topological polar surface area (TPSA) is 98.0 Å². The molecule has 8 nitrogen and oxygen atoms in total. The summed E-state index contributed by atoms with van der Waals surface area (Å²) in [5, 5.41) is 0. The first-order valence-electron chi connectivity index (χ1n) is 9.35. The lowest BCUT2D eigenvalue weighted by Crippen LogP contribution is -2.48. The highest BCUT2D eigenvalue weighted by Crippen LogP contribution is 2.21. The third kappa shape index (κ3) is 4.19. The average molecular weight is 407 g/mol. The van der Waals surface area contributed by atoms with Crippen molar-refractivity contribution >= 4 is 27.4 Å². The lowest BCUT2D eigenvalue weighted by Gasteiger charge is -2.33. The van der Waals surface area contributed by atoms with Crippen molar-refractivity contribution in [3.63, 3.8) is 0 Å². The van der Waals surface area contributed by atoms with Gasteiger partial charge in [0.05, 0.1) is 11.5 Å². The molecule has 2 unspecified atom stereocenters. The maximum Gasteiger partial charge on any atom is 0.359 e. The Balaban J connectivity index is 1.69. The number of esters is 1. The minimum absolute atomic E-state index is 0.0389. The molecule has 152 valence electrons. The van der Waals surface area contributed by atoms with Gasteiger partial charge in [0.25, 0.3) is 5.91 Å². The van der Waals surface area contributed by atoms with Gasteiger partial charge in [-0.15, -0.1) is 0 Å². The SMILES string of the molecule is CCC(C)N(C(=O)COC(=O)c1cn2c(C)cccc2n1)C1CCS(=O)(=O)C1. The van der Waals surface area contributed by atoms with Crippen molar-refractivity contribution in [3.05, 3.63) is 35.8 Å². The molecule has 9 heteroatoms. The molecule has 0 saturated carbocycles. The maximum absolute atomic E-state index is 12.7. The normalized spacial score (nSPS) is 19.5. The minimum atomic E-state index is -3.12. The van der Waals surface area contributed by atoms with Gasteiger partial charge in [0.2, 0.25) is 0 Å². The summed E-state index contributed by atoms with van der Waals surface area (Å²) >= 11 is 0. The Kier molecular flexibility index (Phi) is 5.74. The predicted molar refractivity (Wildman–Crippen MR) is 104 cm³/mol. The molecular formula is C19H25N3O5S. The van der Waals surface area contributed by atoms with E-state index in [9.17, 15) is 18.0 Å². The smallest absolute Gasteiger partial charge is 0.359 e. The Morgan fingerprint density at radius 1 is 1.39 bits per heavy atom. The minimum Gasteiger partial charge on any atom is -0.451 e. The molecule has 28 heavy (non-hydrogen) atoms. The van der Waals surface area contributed by atoms with E-state index in [1.54, 1.807) is 21.6 Å². The number of ether oxygens (including phenoxy) is 1. The summed E-state index contributed by atoms with van der Waals surface area (Å²) in [5.41, 5.74) is 1.67. The molecule has 1 fully saturated rings. The Morgan fingerprint density at radius 2 is 2.14 bits per heavy atom. The van der Waals surface area contributed by atoms with Crippen LogP contribution in [-0.4, -0.2) is 64.8 Å². The van der Waals surface area contributed by atoms with Crippen LogP contribution in [0.25, 0.3) is 5.65 Å². The zero-order valence-electron chi connectivity index (χ0n) is 16.3. The fourth-order valence-electron chi connectivity index (χ4n) is 3.52. The fraction of sp³-hybridized carbons (Fsp3) is 0.526. The molecule has 1 saturated heterocycles. The first kappa shape index (κ1) is 20.3. The lowest BCUT2D eigenvalue weighted by molar-refractivity contribution is -0.138. The number of aryl methyl sites for hydroxylation is 1. The summed E-state index contributed by atoms with van der Waals surface area (Å²) in [6.45, 7) is 5.26. The average Bonchev–Trinajstić information content (AvgIpc) is 3.24. The van der Waals surface area contributed by atoms with Crippen LogP contribution < -0.4 is 0 Å². The molecule has 1 aliphatic rings. The van der Waals surface area contributed by atoms with Crippen molar-refractivity contribution < 1.29 is 22.7 Å².